The summed E-state index contributed by atoms with van der Waals surface area (Å²) in [6.07, 6.45) is 2.62. The predicted octanol–water partition coefficient (Wildman–Crippen LogP) is 4.84. The molecule has 152 valence electrons. The standard InChI is InChI=1S/C26H26N2O2/c29-26(27-17-19-11-13-20(14-12-19)18-28-15-5-6-16-28)25-21-7-1-3-9-23(21)30-24-10-4-2-8-22(24)25/h1-4,7-14,25H,5-6,15-18H2,(H,27,29). The molecule has 4 nitrogen and oxygen atoms in total. The summed E-state index contributed by atoms with van der Waals surface area (Å²) in [6.45, 7) is 3.94. The van der Waals surface area contributed by atoms with Gasteiger partial charge in [-0.05, 0) is 49.2 Å². The molecule has 0 radical (unpaired) electrons. The molecule has 1 fully saturated rings. The molecule has 1 amide bonds. The Kier molecular flexibility index (Phi) is 5.24. The van der Waals surface area contributed by atoms with Crippen LogP contribution in [-0.2, 0) is 17.9 Å². The number of rotatable bonds is 5. The minimum absolute atomic E-state index is 0.000608. The van der Waals surface area contributed by atoms with Crippen molar-refractivity contribution in [3.8, 4) is 11.5 Å². The van der Waals surface area contributed by atoms with E-state index in [4.69, 9.17) is 4.74 Å². The Labute approximate surface area is 177 Å². The van der Waals surface area contributed by atoms with Crippen LogP contribution in [-0.4, -0.2) is 23.9 Å². The number of para-hydroxylation sites is 2. The Morgan fingerprint density at radius 2 is 1.40 bits per heavy atom. The van der Waals surface area contributed by atoms with Crippen LogP contribution in [0.1, 0.15) is 41.0 Å². The first-order valence-electron chi connectivity index (χ1n) is 10.7. The van der Waals surface area contributed by atoms with Crippen LogP contribution in [0.2, 0.25) is 0 Å². The van der Waals surface area contributed by atoms with Crippen LogP contribution < -0.4 is 10.1 Å². The molecule has 0 bridgehead atoms. The zero-order chi connectivity index (χ0) is 20.3. The number of nitrogens with zero attached hydrogens (tertiary/aromatic N) is 1. The average Bonchev–Trinajstić information content (AvgIpc) is 3.30. The molecule has 30 heavy (non-hydrogen) atoms. The maximum atomic E-state index is 13.2. The van der Waals surface area contributed by atoms with E-state index < -0.39 is 0 Å². The first-order valence-corrected chi connectivity index (χ1v) is 10.7. The molecule has 0 saturated carbocycles. The summed E-state index contributed by atoms with van der Waals surface area (Å²) in [6, 6.07) is 24.2. The third-order valence-corrected chi connectivity index (χ3v) is 6.04. The highest BCUT2D eigenvalue weighted by atomic mass is 16.5. The third kappa shape index (κ3) is 3.83. The van der Waals surface area contributed by atoms with Crippen molar-refractivity contribution in [2.45, 2.75) is 31.8 Å². The Bertz CT molecular complexity index is 993. The lowest BCUT2D eigenvalue weighted by Crippen LogP contribution is -2.31. The number of ether oxygens (including phenoxy) is 1. The molecule has 3 aromatic rings. The third-order valence-electron chi connectivity index (χ3n) is 6.04. The highest BCUT2D eigenvalue weighted by Gasteiger charge is 2.32. The zero-order valence-electron chi connectivity index (χ0n) is 17.0. The van der Waals surface area contributed by atoms with Crippen molar-refractivity contribution >= 4 is 5.91 Å². The van der Waals surface area contributed by atoms with Gasteiger partial charge in [-0.1, -0.05) is 60.7 Å². The van der Waals surface area contributed by atoms with Gasteiger partial charge in [0.2, 0.25) is 5.91 Å². The molecule has 5 rings (SSSR count). The van der Waals surface area contributed by atoms with Crippen LogP contribution in [0.4, 0.5) is 0 Å². The molecule has 0 atom stereocenters. The predicted molar refractivity (Wildman–Crippen MR) is 118 cm³/mol. The van der Waals surface area contributed by atoms with E-state index in [9.17, 15) is 4.79 Å². The number of fused-ring (bicyclic) bond motifs is 2. The maximum Gasteiger partial charge on any atom is 0.232 e. The Morgan fingerprint density at radius 1 is 0.833 bits per heavy atom. The Balaban J connectivity index is 1.29. The van der Waals surface area contributed by atoms with E-state index in [-0.39, 0.29) is 11.8 Å². The molecule has 2 aliphatic heterocycles. The molecule has 0 spiro atoms. The SMILES string of the molecule is O=C(NCc1ccc(CN2CCCC2)cc1)C1c2ccccc2Oc2ccccc21. The van der Waals surface area contributed by atoms with Crippen molar-refractivity contribution in [1.29, 1.82) is 0 Å². The van der Waals surface area contributed by atoms with Crippen molar-refractivity contribution in [2.24, 2.45) is 0 Å². The van der Waals surface area contributed by atoms with Crippen LogP contribution in [0.3, 0.4) is 0 Å². The van der Waals surface area contributed by atoms with Crippen molar-refractivity contribution in [3.63, 3.8) is 0 Å². The number of hydrogen-bond acceptors (Lipinski definition) is 3. The summed E-state index contributed by atoms with van der Waals surface area (Å²) in [4.78, 5) is 15.7. The monoisotopic (exact) mass is 398 g/mol. The summed E-state index contributed by atoms with van der Waals surface area (Å²) in [5.74, 6) is 1.14. The van der Waals surface area contributed by atoms with E-state index in [2.05, 4.69) is 34.5 Å². The minimum atomic E-state index is -0.361. The summed E-state index contributed by atoms with van der Waals surface area (Å²) in [5, 5.41) is 3.14. The number of likely N-dealkylation sites (tertiary alicyclic amines) is 1. The van der Waals surface area contributed by atoms with E-state index in [0.717, 1.165) is 34.7 Å². The quantitative estimate of drug-likeness (QED) is 0.669. The van der Waals surface area contributed by atoms with Gasteiger partial charge in [0, 0.05) is 24.2 Å². The largest absolute Gasteiger partial charge is 0.457 e. The van der Waals surface area contributed by atoms with Gasteiger partial charge in [-0.25, -0.2) is 0 Å². The topological polar surface area (TPSA) is 41.6 Å². The van der Waals surface area contributed by atoms with Crippen molar-refractivity contribution in [3.05, 3.63) is 95.1 Å². The molecule has 4 heteroatoms. The second-order valence-electron chi connectivity index (χ2n) is 8.13. The van der Waals surface area contributed by atoms with E-state index >= 15 is 0 Å². The van der Waals surface area contributed by atoms with Crippen LogP contribution in [0.5, 0.6) is 11.5 Å². The van der Waals surface area contributed by atoms with Crippen molar-refractivity contribution in [2.75, 3.05) is 13.1 Å². The molecule has 2 heterocycles. The molecule has 0 aliphatic carbocycles. The minimum Gasteiger partial charge on any atom is -0.457 e. The maximum absolute atomic E-state index is 13.2. The number of hydrogen-bond donors (Lipinski definition) is 1. The van der Waals surface area contributed by atoms with E-state index in [1.807, 2.05) is 48.5 Å². The number of benzene rings is 3. The number of amides is 1. The highest BCUT2D eigenvalue weighted by molar-refractivity contribution is 5.89. The fourth-order valence-corrected chi connectivity index (χ4v) is 4.45. The molecule has 3 aromatic carbocycles. The fourth-order valence-electron chi connectivity index (χ4n) is 4.45. The van der Waals surface area contributed by atoms with Gasteiger partial charge < -0.3 is 10.1 Å². The average molecular weight is 399 g/mol. The lowest BCUT2D eigenvalue weighted by Gasteiger charge is -2.27. The van der Waals surface area contributed by atoms with Crippen LogP contribution in [0.25, 0.3) is 0 Å². The van der Waals surface area contributed by atoms with Gasteiger partial charge in [-0.3, -0.25) is 9.69 Å². The molecule has 1 saturated heterocycles. The lowest BCUT2D eigenvalue weighted by molar-refractivity contribution is -0.122. The van der Waals surface area contributed by atoms with Gasteiger partial charge in [0.25, 0.3) is 0 Å². The molecule has 0 aromatic heterocycles. The van der Waals surface area contributed by atoms with E-state index in [0.29, 0.717) is 6.54 Å². The smallest absolute Gasteiger partial charge is 0.232 e. The molecular weight excluding hydrogens is 372 g/mol. The molecule has 2 aliphatic rings. The van der Waals surface area contributed by atoms with E-state index in [1.165, 1.54) is 31.5 Å². The van der Waals surface area contributed by atoms with Crippen LogP contribution >= 0.6 is 0 Å². The number of carbonyl (C=O) groups is 1. The second-order valence-corrected chi connectivity index (χ2v) is 8.13. The summed E-state index contributed by atoms with van der Waals surface area (Å²) in [7, 11) is 0. The van der Waals surface area contributed by atoms with Gasteiger partial charge in [0.15, 0.2) is 0 Å². The van der Waals surface area contributed by atoms with Crippen molar-refractivity contribution < 1.29 is 9.53 Å². The molecular formula is C26H26N2O2. The normalized spacial score (nSPS) is 15.9. The second kappa shape index (κ2) is 8.33. The van der Waals surface area contributed by atoms with Gasteiger partial charge in [0.05, 0.1) is 5.92 Å². The Hall–Kier alpha value is -3.11. The number of carbonyl (C=O) groups excluding carboxylic acids is 1. The van der Waals surface area contributed by atoms with Gasteiger partial charge >= 0.3 is 0 Å². The summed E-state index contributed by atoms with van der Waals surface area (Å²) < 4.78 is 6.00. The highest BCUT2D eigenvalue weighted by Crippen LogP contribution is 2.43. The fraction of sp³-hybridized carbons (Fsp3) is 0.269. The number of nitrogens with one attached hydrogen (secondary N) is 1. The molecule has 1 N–H and O–H groups in total. The summed E-state index contributed by atoms with van der Waals surface area (Å²) >= 11 is 0. The first-order chi connectivity index (χ1) is 14.8. The lowest BCUT2D eigenvalue weighted by atomic mass is 9.87. The zero-order valence-corrected chi connectivity index (χ0v) is 17.0. The first kappa shape index (κ1) is 18.9. The van der Waals surface area contributed by atoms with Gasteiger partial charge in [0.1, 0.15) is 11.5 Å². The van der Waals surface area contributed by atoms with E-state index in [1.54, 1.807) is 0 Å². The van der Waals surface area contributed by atoms with Crippen LogP contribution in [0, 0.1) is 0 Å². The van der Waals surface area contributed by atoms with Gasteiger partial charge in [-0.2, -0.15) is 0 Å². The Morgan fingerprint density at radius 3 is 2.03 bits per heavy atom. The summed E-state index contributed by atoms with van der Waals surface area (Å²) in [5.41, 5.74) is 4.27. The van der Waals surface area contributed by atoms with Crippen molar-refractivity contribution in [1.82, 2.24) is 10.2 Å². The molecule has 0 unspecified atom stereocenters. The van der Waals surface area contributed by atoms with Crippen LogP contribution in [0.15, 0.2) is 72.8 Å². The van der Waals surface area contributed by atoms with Gasteiger partial charge in [-0.15, -0.1) is 0 Å².